The number of nitrogens with one attached hydrogen (secondary N) is 3. The fourth-order valence-electron chi connectivity index (χ4n) is 3.13. The molecule has 0 radical (unpaired) electrons. The van der Waals surface area contributed by atoms with Crippen LogP contribution in [0.1, 0.15) is 36.4 Å². The van der Waals surface area contributed by atoms with Gasteiger partial charge in [0.25, 0.3) is 0 Å². The molecule has 3 N–H and O–H groups in total. The fourth-order valence-corrected chi connectivity index (χ4v) is 3.13. The Balaban J connectivity index is 1.94. The molecule has 1 aromatic carbocycles. The lowest BCUT2D eigenvalue weighted by Crippen LogP contribution is -2.39. The van der Waals surface area contributed by atoms with Gasteiger partial charge in [-0.15, -0.1) is 13.2 Å². The Morgan fingerprint density at radius 1 is 0.975 bits per heavy atom. The minimum absolute atomic E-state index is 0.0264. The van der Waals surface area contributed by atoms with Crippen LogP contribution in [0.15, 0.2) is 42.6 Å². The van der Waals surface area contributed by atoms with Crippen LogP contribution in [0.3, 0.4) is 0 Å². The smallest absolute Gasteiger partial charge is 0.406 e. The van der Waals surface area contributed by atoms with Crippen LogP contribution in [0.5, 0.6) is 5.75 Å². The van der Waals surface area contributed by atoms with Crippen LogP contribution >= 0.6 is 0 Å². The number of carbonyl (C=O) groups excluding carboxylic acids is 4. The summed E-state index contributed by atoms with van der Waals surface area (Å²) in [4.78, 5) is 51.4. The first kappa shape index (κ1) is 31.8. The maximum absolute atomic E-state index is 12.4. The number of halogens is 6. The third-order valence-electron chi connectivity index (χ3n) is 4.91. The molecule has 0 aliphatic heterocycles. The molecule has 0 fully saturated rings. The van der Waals surface area contributed by atoms with Crippen LogP contribution in [0.25, 0.3) is 0 Å². The predicted molar refractivity (Wildman–Crippen MR) is 125 cm³/mol. The normalized spacial score (nSPS) is 12.2. The van der Waals surface area contributed by atoms with Crippen molar-refractivity contribution in [1.82, 2.24) is 15.6 Å². The maximum atomic E-state index is 12.4. The van der Waals surface area contributed by atoms with Gasteiger partial charge in [0.1, 0.15) is 11.6 Å². The number of alkyl halides is 6. The summed E-state index contributed by atoms with van der Waals surface area (Å²) in [5.74, 6) is -5.85. The molecular weight excluding hydrogens is 554 g/mol. The number of pyridine rings is 1. The summed E-state index contributed by atoms with van der Waals surface area (Å²) in [5.41, 5.74) is 0.965. The van der Waals surface area contributed by atoms with Crippen LogP contribution in [0, 0.1) is 6.92 Å². The van der Waals surface area contributed by atoms with Gasteiger partial charge in [0.2, 0.25) is 11.8 Å². The van der Waals surface area contributed by atoms with Crippen molar-refractivity contribution in [1.29, 1.82) is 0 Å². The average Bonchev–Trinajstić information content (AvgIpc) is 2.84. The Morgan fingerprint density at radius 3 is 2.25 bits per heavy atom. The Morgan fingerprint density at radius 2 is 1.65 bits per heavy atom. The first-order valence-electron chi connectivity index (χ1n) is 11.5. The van der Waals surface area contributed by atoms with E-state index in [9.17, 15) is 45.5 Å². The van der Waals surface area contributed by atoms with Crippen molar-refractivity contribution < 1.29 is 55.0 Å². The van der Waals surface area contributed by atoms with E-state index in [-0.39, 0.29) is 12.0 Å². The van der Waals surface area contributed by atoms with E-state index in [1.165, 1.54) is 0 Å². The van der Waals surface area contributed by atoms with Gasteiger partial charge < -0.3 is 25.4 Å². The number of ether oxygens (including phenoxy) is 2. The standard InChI is InChI=1S/C24H24F6N4O6/c1-14-8-10-32-18(11-14)31-9-2-3-19(35)33-13-20(36)34-17(12-21(37)39-22(38)23(25,26)27)15-4-6-16(7-5-15)40-24(28,29)30/h4-8,10-11,17H,2-3,9,12-13H2,1H3,(H,31,32)(H,33,35)(H,34,36). The van der Waals surface area contributed by atoms with Crippen molar-refractivity contribution in [3.05, 3.63) is 53.7 Å². The summed E-state index contributed by atoms with van der Waals surface area (Å²) in [6.45, 7) is 1.71. The van der Waals surface area contributed by atoms with E-state index in [2.05, 4.69) is 30.4 Å². The van der Waals surface area contributed by atoms with Crippen LogP contribution in [0.2, 0.25) is 0 Å². The highest BCUT2D eigenvalue weighted by Crippen LogP contribution is 2.26. The number of amides is 2. The lowest BCUT2D eigenvalue weighted by atomic mass is 10.0. The van der Waals surface area contributed by atoms with E-state index in [1.807, 2.05) is 19.1 Å². The summed E-state index contributed by atoms with van der Waals surface area (Å²) in [6, 6.07) is 5.92. The number of rotatable bonds is 12. The number of anilines is 1. The van der Waals surface area contributed by atoms with Gasteiger partial charge in [-0.1, -0.05) is 12.1 Å². The number of esters is 2. The van der Waals surface area contributed by atoms with E-state index in [1.54, 1.807) is 6.20 Å². The predicted octanol–water partition coefficient (Wildman–Crippen LogP) is 3.48. The number of carbonyl (C=O) groups is 4. The SMILES string of the molecule is Cc1ccnc(NCCCC(=O)NCC(=O)NC(CC(=O)OC(=O)C(F)(F)F)c2ccc(OC(F)(F)F)cc2)c1. The lowest BCUT2D eigenvalue weighted by Gasteiger charge is -2.19. The molecule has 0 saturated carbocycles. The molecule has 0 saturated heterocycles. The summed E-state index contributed by atoms with van der Waals surface area (Å²) in [7, 11) is 0. The van der Waals surface area contributed by atoms with Crippen LogP contribution in [-0.2, 0) is 23.9 Å². The molecule has 1 atom stereocenters. The number of hydrogen-bond donors (Lipinski definition) is 3. The van der Waals surface area contributed by atoms with Gasteiger partial charge in [-0.2, -0.15) is 13.2 Å². The molecule has 1 heterocycles. The van der Waals surface area contributed by atoms with E-state index < -0.39 is 61.0 Å². The van der Waals surface area contributed by atoms with Gasteiger partial charge in [0.15, 0.2) is 0 Å². The van der Waals surface area contributed by atoms with E-state index >= 15 is 0 Å². The zero-order valence-electron chi connectivity index (χ0n) is 20.8. The minimum atomic E-state index is -5.46. The average molecular weight is 578 g/mol. The zero-order chi connectivity index (χ0) is 29.9. The molecule has 0 aliphatic carbocycles. The summed E-state index contributed by atoms with van der Waals surface area (Å²) in [5, 5.41) is 7.62. The van der Waals surface area contributed by atoms with Gasteiger partial charge in [-0.25, -0.2) is 9.78 Å². The van der Waals surface area contributed by atoms with E-state index in [0.29, 0.717) is 18.8 Å². The molecule has 1 unspecified atom stereocenters. The van der Waals surface area contributed by atoms with Gasteiger partial charge >= 0.3 is 24.5 Å². The Kier molecular flexibility index (Phi) is 11.3. The number of hydrogen-bond acceptors (Lipinski definition) is 8. The second-order valence-corrected chi connectivity index (χ2v) is 8.23. The molecule has 1 aromatic heterocycles. The number of benzene rings is 1. The minimum Gasteiger partial charge on any atom is -0.406 e. The summed E-state index contributed by atoms with van der Waals surface area (Å²) >= 11 is 0. The zero-order valence-corrected chi connectivity index (χ0v) is 20.8. The van der Waals surface area contributed by atoms with Crippen LogP contribution in [-0.4, -0.2) is 54.4 Å². The fraction of sp³-hybridized carbons (Fsp3) is 0.375. The molecule has 218 valence electrons. The Hall–Kier alpha value is -4.37. The maximum Gasteiger partial charge on any atom is 0.573 e. The highest BCUT2D eigenvalue weighted by Gasteiger charge is 2.42. The van der Waals surface area contributed by atoms with Crippen molar-refractivity contribution in [3.63, 3.8) is 0 Å². The second kappa shape index (κ2) is 14.1. The lowest BCUT2D eigenvalue weighted by molar-refractivity contribution is -0.274. The van der Waals surface area contributed by atoms with Crippen LogP contribution in [0.4, 0.5) is 32.2 Å². The topological polar surface area (TPSA) is 136 Å². The van der Waals surface area contributed by atoms with E-state index in [4.69, 9.17) is 0 Å². The number of nitrogens with zero attached hydrogens (tertiary/aromatic N) is 1. The van der Waals surface area contributed by atoms with Crippen molar-refractivity contribution >= 4 is 29.6 Å². The molecule has 40 heavy (non-hydrogen) atoms. The van der Waals surface area contributed by atoms with Crippen molar-refractivity contribution in [2.24, 2.45) is 0 Å². The molecule has 10 nitrogen and oxygen atoms in total. The van der Waals surface area contributed by atoms with Crippen molar-refractivity contribution in [3.8, 4) is 5.75 Å². The molecule has 0 spiro atoms. The molecule has 2 rings (SSSR count). The molecule has 16 heteroatoms. The third kappa shape index (κ3) is 12.0. The largest absolute Gasteiger partial charge is 0.573 e. The van der Waals surface area contributed by atoms with Gasteiger partial charge in [0.05, 0.1) is 19.0 Å². The van der Waals surface area contributed by atoms with Crippen LogP contribution < -0.4 is 20.7 Å². The summed E-state index contributed by atoms with van der Waals surface area (Å²) < 4.78 is 81.8. The molecular formula is C24H24F6N4O6. The second-order valence-electron chi connectivity index (χ2n) is 8.23. The Bertz CT molecular complexity index is 1190. The number of aromatic nitrogens is 1. The molecule has 0 aliphatic rings. The van der Waals surface area contributed by atoms with Gasteiger partial charge in [-0.3, -0.25) is 14.4 Å². The van der Waals surface area contributed by atoms with Gasteiger partial charge in [-0.05, 0) is 48.7 Å². The third-order valence-corrected chi connectivity index (χ3v) is 4.91. The van der Waals surface area contributed by atoms with Crippen molar-refractivity contribution in [2.75, 3.05) is 18.4 Å². The van der Waals surface area contributed by atoms with E-state index in [0.717, 1.165) is 29.8 Å². The number of aryl methyl sites for hydroxylation is 1. The monoisotopic (exact) mass is 578 g/mol. The highest BCUT2D eigenvalue weighted by molar-refractivity contribution is 5.89. The Labute approximate surface area is 223 Å². The first-order valence-corrected chi connectivity index (χ1v) is 11.5. The molecule has 2 amide bonds. The molecule has 0 bridgehead atoms. The quantitative estimate of drug-likeness (QED) is 0.151. The van der Waals surface area contributed by atoms with Gasteiger partial charge in [0, 0.05) is 19.2 Å². The summed E-state index contributed by atoms with van der Waals surface area (Å²) in [6.07, 6.45) is -9.41. The molecule has 2 aromatic rings. The van der Waals surface area contributed by atoms with Crippen molar-refractivity contribution in [2.45, 2.75) is 44.8 Å². The highest BCUT2D eigenvalue weighted by atomic mass is 19.4. The first-order chi connectivity index (χ1) is 18.6.